The highest BCUT2D eigenvalue weighted by Gasteiger charge is 2.50. The Hall–Kier alpha value is -3.93. The summed E-state index contributed by atoms with van der Waals surface area (Å²) in [6.45, 7) is 1.31. The third-order valence-electron chi connectivity index (χ3n) is 5.88. The average Bonchev–Trinajstić information content (AvgIpc) is 2.83. The van der Waals surface area contributed by atoms with Crippen molar-refractivity contribution < 1.29 is 26.7 Å². The zero-order chi connectivity index (χ0) is 25.4. The number of carbonyl (C=O) groups excluding carboxylic acids is 1. The standard InChI is InChI=1S/C23H21F2N5O4S/c1-23(13-4-3-5-14(24)8-13)22(26)30-19(12-35(23,32)33)16-9-15(6-7-17(16)25)29-21(31)18-10-28-20(34-2)11-27-18/h3-11,19H,12H2,1-2H3,(H2,26,30)(H,29,31)/t19-,23+/m0/s1. The number of benzene rings is 2. The Morgan fingerprint density at radius 2 is 1.97 bits per heavy atom. The quantitative estimate of drug-likeness (QED) is 0.489. The van der Waals surface area contributed by atoms with E-state index < -0.39 is 49.8 Å². The van der Waals surface area contributed by atoms with E-state index in [9.17, 15) is 22.0 Å². The number of anilines is 1. The Bertz CT molecular complexity index is 1420. The highest BCUT2D eigenvalue weighted by Crippen LogP contribution is 2.39. The molecule has 2 aromatic carbocycles. The van der Waals surface area contributed by atoms with Crippen molar-refractivity contribution in [2.75, 3.05) is 18.2 Å². The first kappa shape index (κ1) is 24.2. The molecular formula is C23H21F2N5O4S. The molecule has 2 atom stereocenters. The number of rotatable bonds is 5. The summed E-state index contributed by atoms with van der Waals surface area (Å²) in [6, 6.07) is 7.61. The Balaban J connectivity index is 1.61. The molecule has 0 spiro atoms. The van der Waals surface area contributed by atoms with Crippen LogP contribution in [0.1, 0.15) is 34.6 Å². The predicted octanol–water partition coefficient (Wildman–Crippen LogP) is 2.97. The maximum atomic E-state index is 14.7. The largest absolute Gasteiger partial charge is 0.480 e. The Labute approximate surface area is 200 Å². The summed E-state index contributed by atoms with van der Waals surface area (Å²) in [5, 5.41) is 13.8. The van der Waals surface area contributed by atoms with Crippen molar-refractivity contribution >= 4 is 27.3 Å². The fourth-order valence-electron chi connectivity index (χ4n) is 3.79. The van der Waals surface area contributed by atoms with E-state index in [1.807, 2.05) is 0 Å². The first-order valence-electron chi connectivity index (χ1n) is 10.4. The molecular weight excluding hydrogens is 480 g/mol. The van der Waals surface area contributed by atoms with Gasteiger partial charge >= 0.3 is 0 Å². The zero-order valence-corrected chi connectivity index (χ0v) is 19.5. The SMILES string of the molecule is COc1cnc(C(=O)Nc2ccc(F)c([C@@H]3CS(=O)(=O)[C@](C)(c4cccc(F)c4)C(=N)N3)c2)cn1. The molecule has 1 aliphatic rings. The number of hydrogen-bond acceptors (Lipinski definition) is 7. The van der Waals surface area contributed by atoms with Gasteiger partial charge in [0.15, 0.2) is 14.6 Å². The molecule has 1 amide bonds. The Morgan fingerprint density at radius 3 is 2.60 bits per heavy atom. The molecule has 182 valence electrons. The van der Waals surface area contributed by atoms with Gasteiger partial charge in [0, 0.05) is 11.3 Å². The number of halogens is 2. The third kappa shape index (κ3) is 4.44. The molecule has 0 saturated carbocycles. The van der Waals surface area contributed by atoms with Crippen LogP contribution in [0, 0.1) is 17.0 Å². The number of carbonyl (C=O) groups is 1. The van der Waals surface area contributed by atoms with E-state index in [1.54, 1.807) is 0 Å². The molecule has 0 aliphatic carbocycles. The zero-order valence-electron chi connectivity index (χ0n) is 18.7. The van der Waals surface area contributed by atoms with Crippen LogP contribution in [0.25, 0.3) is 0 Å². The second kappa shape index (κ2) is 9.02. The Kier molecular flexibility index (Phi) is 6.24. The van der Waals surface area contributed by atoms with Gasteiger partial charge < -0.3 is 15.4 Å². The number of methoxy groups -OCH3 is 1. The molecule has 1 saturated heterocycles. The van der Waals surface area contributed by atoms with E-state index in [4.69, 9.17) is 10.1 Å². The number of sulfone groups is 1. The number of amidine groups is 1. The van der Waals surface area contributed by atoms with Gasteiger partial charge in [-0.05, 0) is 42.8 Å². The lowest BCUT2D eigenvalue weighted by Crippen LogP contribution is -2.56. The highest BCUT2D eigenvalue weighted by atomic mass is 32.2. The van der Waals surface area contributed by atoms with Crippen LogP contribution in [0.4, 0.5) is 14.5 Å². The predicted molar refractivity (Wildman–Crippen MR) is 124 cm³/mol. The average molecular weight is 502 g/mol. The number of nitrogens with zero attached hydrogens (tertiary/aromatic N) is 2. The molecule has 1 fully saturated rings. The van der Waals surface area contributed by atoms with E-state index >= 15 is 0 Å². The molecule has 2 heterocycles. The molecule has 0 radical (unpaired) electrons. The highest BCUT2D eigenvalue weighted by molar-refractivity contribution is 7.93. The summed E-state index contributed by atoms with van der Waals surface area (Å²) >= 11 is 0. The van der Waals surface area contributed by atoms with E-state index in [2.05, 4.69) is 20.6 Å². The minimum absolute atomic E-state index is 0.0114. The van der Waals surface area contributed by atoms with Gasteiger partial charge in [0.2, 0.25) is 5.88 Å². The van der Waals surface area contributed by atoms with Crippen molar-refractivity contribution in [1.29, 1.82) is 5.41 Å². The molecule has 12 heteroatoms. The van der Waals surface area contributed by atoms with Gasteiger partial charge in [0.25, 0.3) is 5.91 Å². The van der Waals surface area contributed by atoms with E-state index in [0.717, 1.165) is 12.1 Å². The van der Waals surface area contributed by atoms with Crippen LogP contribution in [-0.4, -0.2) is 43.0 Å². The molecule has 4 rings (SSSR count). The number of aromatic nitrogens is 2. The molecule has 3 aromatic rings. The van der Waals surface area contributed by atoms with Gasteiger partial charge in [-0.15, -0.1) is 0 Å². The lowest BCUT2D eigenvalue weighted by Gasteiger charge is -2.39. The molecule has 1 aliphatic heterocycles. The maximum Gasteiger partial charge on any atom is 0.275 e. The Morgan fingerprint density at radius 1 is 1.20 bits per heavy atom. The number of ether oxygens (including phenoxy) is 1. The first-order valence-corrected chi connectivity index (χ1v) is 12.0. The summed E-state index contributed by atoms with van der Waals surface area (Å²) in [6.07, 6.45) is 2.48. The van der Waals surface area contributed by atoms with Crippen molar-refractivity contribution in [3.8, 4) is 5.88 Å². The topological polar surface area (TPSA) is 134 Å². The van der Waals surface area contributed by atoms with Crippen LogP contribution in [0.2, 0.25) is 0 Å². The van der Waals surface area contributed by atoms with Gasteiger partial charge in [0.1, 0.15) is 23.2 Å². The monoisotopic (exact) mass is 501 g/mol. The second-order valence-electron chi connectivity index (χ2n) is 8.03. The summed E-state index contributed by atoms with van der Waals surface area (Å²) < 4.78 is 58.2. The van der Waals surface area contributed by atoms with Crippen molar-refractivity contribution in [3.63, 3.8) is 0 Å². The van der Waals surface area contributed by atoms with Crippen LogP contribution >= 0.6 is 0 Å². The van der Waals surface area contributed by atoms with Gasteiger partial charge in [0.05, 0.1) is 31.3 Å². The van der Waals surface area contributed by atoms with Crippen LogP contribution in [-0.2, 0) is 14.6 Å². The van der Waals surface area contributed by atoms with Crippen LogP contribution in [0.3, 0.4) is 0 Å². The molecule has 3 N–H and O–H groups in total. The third-order valence-corrected chi connectivity index (χ3v) is 8.33. The normalized spacial score (nSPS) is 21.1. The van der Waals surface area contributed by atoms with Crippen LogP contribution in [0.5, 0.6) is 5.88 Å². The molecule has 0 bridgehead atoms. The fraction of sp³-hybridized carbons (Fsp3) is 0.217. The van der Waals surface area contributed by atoms with Crippen LogP contribution in [0.15, 0.2) is 54.9 Å². The first-order chi connectivity index (χ1) is 16.5. The van der Waals surface area contributed by atoms with Crippen molar-refractivity contribution in [3.05, 3.63) is 83.3 Å². The number of amides is 1. The summed E-state index contributed by atoms with van der Waals surface area (Å²) in [5.74, 6) is -2.72. The maximum absolute atomic E-state index is 14.7. The van der Waals surface area contributed by atoms with Gasteiger partial charge in [-0.25, -0.2) is 27.2 Å². The van der Waals surface area contributed by atoms with Gasteiger partial charge in [-0.3, -0.25) is 10.2 Å². The second-order valence-corrected chi connectivity index (χ2v) is 10.4. The lowest BCUT2D eigenvalue weighted by molar-refractivity contribution is 0.102. The minimum atomic E-state index is -4.08. The smallest absolute Gasteiger partial charge is 0.275 e. The number of hydrogen-bond donors (Lipinski definition) is 3. The summed E-state index contributed by atoms with van der Waals surface area (Å²) in [5.41, 5.74) is 0.213. The van der Waals surface area contributed by atoms with Crippen molar-refractivity contribution in [2.24, 2.45) is 0 Å². The molecule has 35 heavy (non-hydrogen) atoms. The molecule has 1 aromatic heterocycles. The summed E-state index contributed by atoms with van der Waals surface area (Å²) in [4.78, 5) is 20.3. The van der Waals surface area contributed by atoms with Crippen molar-refractivity contribution in [2.45, 2.75) is 17.7 Å². The van der Waals surface area contributed by atoms with Crippen LogP contribution < -0.4 is 15.4 Å². The van der Waals surface area contributed by atoms with Crippen molar-refractivity contribution in [1.82, 2.24) is 15.3 Å². The van der Waals surface area contributed by atoms with Gasteiger partial charge in [-0.2, -0.15) is 0 Å². The number of nitrogens with one attached hydrogen (secondary N) is 3. The lowest BCUT2D eigenvalue weighted by atomic mass is 9.96. The van der Waals surface area contributed by atoms with E-state index in [0.29, 0.717) is 0 Å². The summed E-state index contributed by atoms with van der Waals surface area (Å²) in [7, 11) is -2.67. The van der Waals surface area contributed by atoms with Gasteiger partial charge in [-0.1, -0.05) is 12.1 Å². The van der Waals surface area contributed by atoms with E-state index in [-0.39, 0.29) is 28.4 Å². The molecule has 0 unspecified atom stereocenters. The fourth-order valence-corrected chi connectivity index (χ4v) is 5.69. The molecule has 9 nitrogen and oxygen atoms in total. The van der Waals surface area contributed by atoms with E-state index in [1.165, 1.54) is 56.8 Å². The minimum Gasteiger partial charge on any atom is -0.480 e.